The highest BCUT2D eigenvalue weighted by Gasteiger charge is 2.06. The van der Waals surface area contributed by atoms with E-state index in [1.807, 2.05) is 6.92 Å². The van der Waals surface area contributed by atoms with E-state index in [9.17, 15) is 9.18 Å². The number of carboxylic acid groups (broad SMARTS) is 1. The fraction of sp³-hybridized carbons (Fsp3) is 0.143. The van der Waals surface area contributed by atoms with Crippen molar-refractivity contribution in [3.05, 3.63) is 51.7 Å². The van der Waals surface area contributed by atoms with Gasteiger partial charge in [0.05, 0.1) is 9.88 Å². The molecule has 20 heavy (non-hydrogen) atoms. The van der Waals surface area contributed by atoms with Crippen molar-refractivity contribution >= 4 is 23.4 Å². The average Bonchev–Trinajstić information content (AvgIpc) is 2.81. The van der Waals surface area contributed by atoms with Crippen LogP contribution in [0.25, 0.3) is 6.08 Å². The van der Waals surface area contributed by atoms with E-state index >= 15 is 0 Å². The first kappa shape index (κ1) is 14.2. The van der Waals surface area contributed by atoms with E-state index in [-0.39, 0.29) is 12.4 Å². The van der Waals surface area contributed by atoms with E-state index in [2.05, 4.69) is 4.98 Å². The number of rotatable bonds is 5. The molecule has 0 aliphatic heterocycles. The minimum absolute atomic E-state index is 0.128. The molecule has 6 heteroatoms. The van der Waals surface area contributed by atoms with Crippen molar-refractivity contribution in [1.82, 2.24) is 4.98 Å². The summed E-state index contributed by atoms with van der Waals surface area (Å²) < 4.78 is 19.1. The lowest BCUT2D eigenvalue weighted by Crippen LogP contribution is -1.96. The number of ether oxygens (including phenoxy) is 1. The topological polar surface area (TPSA) is 59.4 Å². The first-order valence-corrected chi connectivity index (χ1v) is 6.61. The third-order valence-electron chi connectivity index (χ3n) is 2.41. The molecule has 1 aromatic carbocycles. The third-order valence-corrected chi connectivity index (χ3v) is 3.30. The zero-order chi connectivity index (χ0) is 14.5. The number of hydrogen-bond donors (Lipinski definition) is 1. The van der Waals surface area contributed by atoms with Crippen molar-refractivity contribution in [3.8, 4) is 5.75 Å². The van der Waals surface area contributed by atoms with Gasteiger partial charge in [0.2, 0.25) is 0 Å². The molecule has 0 atom stereocenters. The van der Waals surface area contributed by atoms with Crippen molar-refractivity contribution in [2.45, 2.75) is 13.5 Å². The van der Waals surface area contributed by atoms with Crippen LogP contribution in [0, 0.1) is 12.7 Å². The predicted octanol–water partition coefficient (Wildman–Crippen LogP) is 3.27. The Balaban J connectivity index is 2.04. The maximum atomic E-state index is 13.8. The normalized spacial score (nSPS) is 10.9. The Hall–Kier alpha value is -2.21. The molecule has 0 saturated carbocycles. The number of halogens is 1. The number of benzene rings is 1. The first-order chi connectivity index (χ1) is 9.54. The van der Waals surface area contributed by atoms with Gasteiger partial charge in [-0.05, 0) is 30.7 Å². The first-order valence-electron chi connectivity index (χ1n) is 5.79. The maximum absolute atomic E-state index is 13.8. The molecule has 0 amide bonds. The molecule has 1 heterocycles. The fourth-order valence-corrected chi connectivity index (χ4v) is 2.23. The summed E-state index contributed by atoms with van der Waals surface area (Å²) in [6, 6.07) is 4.30. The number of aliphatic carboxylic acids is 1. The van der Waals surface area contributed by atoms with Crippen molar-refractivity contribution < 1.29 is 19.0 Å². The van der Waals surface area contributed by atoms with Crippen LogP contribution in [0.5, 0.6) is 5.75 Å². The van der Waals surface area contributed by atoms with Crippen molar-refractivity contribution in [2.75, 3.05) is 0 Å². The SMILES string of the molecule is Cc1ncc(COc2ccc(/C=C/C(=O)O)cc2F)s1. The summed E-state index contributed by atoms with van der Waals surface area (Å²) in [4.78, 5) is 15.4. The van der Waals surface area contributed by atoms with E-state index in [4.69, 9.17) is 9.84 Å². The molecule has 0 saturated heterocycles. The molecule has 0 aliphatic rings. The van der Waals surface area contributed by atoms with Crippen molar-refractivity contribution in [1.29, 1.82) is 0 Å². The summed E-state index contributed by atoms with van der Waals surface area (Å²) >= 11 is 1.49. The number of aryl methyl sites for hydroxylation is 1. The minimum atomic E-state index is -1.08. The van der Waals surface area contributed by atoms with Crippen LogP contribution >= 0.6 is 11.3 Å². The van der Waals surface area contributed by atoms with Gasteiger partial charge < -0.3 is 9.84 Å². The summed E-state index contributed by atoms with van der Waals surface area (Å²) in [5.41, 5.74) is 0.464. The van der Waals surface area contributed by atoms with Gasteiger partial charge >= 0.3 is 5.97 Å². The molecule has 2 aromatic rings. The van der Waals surface area contributed by atoms with Crippen LogP contribution in [-0.4, -0.2) is 16.1 Å². The highest BCUT2D eigenvalue weighted by atomic mass is 32.1. The maximum Gasteiger partial charge on any atom is 0.328 e. The molecule has 104 valence electrons. The molecule has 0 fully saturated rings. The van der Waals surface area contributed by atoms with Crippen LogP contribution in [0.2, 0.25) is 0 Å². The van der Waals surface area contributed by atoms with Crippen LogP contribution in [0.4, 0.5) is 4.39 Å². The number of carboxylic acids is 1. The second-order valence-corrected chi connectivity index (χ2v) is 5.32. The summed E-state index contributed by atoms with van der Waals surface area (Å²) in [5, 5.41) is 9.43. The Kier molecular flexibility index (Phi) is 4.47. The van der Waals surface area contributed by atoms with Gasteiger partial charge in [-0.3, -0.25) is 0 Å². The number of thiazole rings is 1. The van der Waals surface area contributed by atoms with Gasteiger partial charge in [0.25, 0.3) is 0 Å². The van der Waals surface area contributed by atoms with Gasteiger partial charge in [-0.15, -0.1) is 11.3 Å². The monoisotopic (exact) mass is 293 g/mol. The van der Waals surface area contributed by atoms with Gasteiger partial charge in [0.1, 0.15) is 6.61 Å². The molecule has 0 spiro atoms. The van der Waals surface area contributed by atoms with Crippen LogP contribution in [0.1, 0.15) is 15.4 Å². The van der Waals surface area contributed by atoms with E-state index in [0.717, 1.165) is 16.0 Å². The molecule has 1 N–H and O–H groups in total. The fourth-order valence-electron chi connectivity index (χ4n) is 1.53. The molecule has 0 aliphatic carbocycles. The molecule has 0 bridgehead atoms. The molecule has 0 radical (unpaired) electrons. The Morgan fingerprint density at radius 2 is 2.35 bits per heavy atom. The molecule has 2 rings (SSSR count). The quantitative estimate of drug-likeness (QED) is 0.860. The number of aromatic nitrogens is 1. The highest BCUT2D eigenvalue weighted by molar-refractivity contribution is 7.11. The number of nitrogens with zero attached hydrogens (tertiary/aromatic N) is 1. The Bertz CT molecular complexity index is 652. The Morgan fingerprint density at radius 3 is 2.95 bits per heavy atom. The predicted molar refractivity (Wildman–Crippen MR) is 74.3 cm³/mol. The lowest BCUT2D eigenvalue weighted by Gasteiger charge is -2.06. The van der Waals surface area contributed by atoms with Crippen LogP contribution in [0.15, 0.2) is 30.5 Å². The highest BCUT2D eigenvalue weighted by Crippen LogP contribution is 2.21. The zero-order valence-electron chi connectivity index (χ0n) is 10.7. The molecule has 0 unspecified atom stereocenters. The summed E-state index contributed by atoms with van der Waals surface area (Å²) in [5.74, 6) is -1.48. The molecular formula is C14H12FNO3S. The van der Waals surface area contributed by atoms with E-state index in [1.165, 1.54) is 29.5 Å². The Labute approximate surface area is 119 Å². The smallest absolute Gasteiger partial charge is 0.328 e. The van der Waals surface area contributed by atoms with E-state index < -0.39 is 11.8 Å². The Morgan fingerprint density at radius 1 is 1.55 bits per heavy atom. The molecule has 1 aromatic heterocycles. The molecule has 4 nitrogen and oxygen atoms in total. The van der Waals surface area contributed by atoms with Crippen molar-refractivity contribution in [3.63, 3.8) is 0 Å². The van der Waals surface area contributed by atoms with Gasteiger partial charge in [-0.2, -0.15) is 0 Å². The zero-order valence-corrected chi connectivity index (χ0v) is 11.5. The number of carbonyl (C=O) groups is 1. The van der Waals surface area contributed by atoms with Crippen LogP contribution in [-0.2, 0) is 11.4 Å². The second-order valence-electron chi connectivity index (χ2n) is 4.00. The standard InChI is InChI=1S/C14H12FNO3S/c1-9-16-7-11(20-9)8-19-13-4-2-10(6-12(13)15)3-5-14(17)18/h2-7H,8H2,1H3,(H,17,18)/b5-3+. The van der Waals surface area contributed by atoms with Gasteiger partial charge in [0.15, 0.2) is 11.6 Å². The molecular weight excluding hydrogens is 281 g/mol. The number of hydrogen-bond acceptors (Lipinski definition) is 4. The van der Waals surface area contributed by atoms with Crippen molar-refractivity contribution in [2.24, 2.45) is 0 Å². The lowest BCUT2D eigenvalue weighted by molar-refractivity contribution is -0.131. The largest absolute Gasteiger partial charge is 0.485 e. The van der Waals surface area contributed by atoms with Gasteiger partial charge in [0, 0.05) is 12.3 Å². The van der Waals surface area contributed by atoms with E-state index in [0.29, 0.717) is 5.56 Å². The van der Waals surface area contributed by atoms with Crippen LogP contribution in [0.3, 0.4) is 0 Å². The summed E-state index contributed by atoms with van der Waals surface area (Å²) in [7, 11) is 0. The van der Waals surface area contributed by atoms with E-state index in [1.54, 1.807) is 12.3 Å². The lowest BCUT2D eigenvalue weighted by atomic mass is 10.2. The summed E-state index contributed by atoms with van der Waals surface area (Å²) in [6.45, 7) is 2.14. The third kappa shape index (κ3) is 3.89. The second kappa shape index (κ2) is 6.29. The minimum Gasteiger partial charge on any atom is -0.485 e. The average molecular weight is 293 g/mol. The van der Waals surface area contributed by atoms with Gasteiger partial charge in [-0.1, -0.05) is 6.07 Å². The summed E-state index contributed by atoms with van der Waals surface area (Å²) in [6.07, 6.45) is 3.97. The van der Waals surface area contributed by atoms with Gasteiger partial charge in [-0.25, -0.2) is 14.2 Å². The van der Waals surface area contributed by atoms with Crippen LogP contribution < -0.4 is 4.74 Å².